The van der Waals surface area contributed by atoms with Crippen LogP contribution in [0.4, 0.5) is 5.69 Å². The Balaban J connectivity index is 3.23. The van der Waals surface area contributed by atoms with E-state index in [0.29, 0.717) is 11.3 Å². The van der Waals surface area contributed by atoms with Crippen LogP contribution in [0.25, 0.3) is 0 Å². The van der Waals surface area contributed by atoms with E-state index >= 15 is 0 Å². The first-order valence-electron chi connectivity index (χ1n) is 5.10. The quantitative estimate of drug-likeness (QED) is 0.755. The highest BCUT2D eigenvalue weighted by molar-refractivity contribution is 5.65. The molecule has 0 N–H and O–H groups in total. The maximum absolute atomic E-state index is 9.11. The third-order valence-corrected chi connectivity index (χ3v) is 2.44. The molecule has 1 aromatic rings. The number of rotatable bonds is 4. The Morgan fingerprint density at radius 2 is 2.00 bits per heavy atom. The molecule has 0 fully saturated rings. The van der Waals surface area contributed by atoms with Crippen LogP contribution in [0.3, 0.4) is 0 Å². The fourth-order valence-corrected chi connectivity index (χ4v) is 1.63. The molecule has 0 atom stereocenters. The molecule has 0 amide bonds. The number of methoxy groups -OCH3 is 1. The summed E-state index contributed by atoms with van der Waals surface area (Å²) in [6.07, 6.45) is 0. The predicted molar refractivity (Wildman–Crippen MR) is 61.3 cm³/mol. The van der Waals surface area contributed by atoms with E-state index in [9.17, 15) is 0 Å². The molecule has 0 unspecified atom stereocenters. The zero-order valence-corrected chi connectivity index (χ0v) is 9.45. The zero-order valence-electron chi connectivity index (χ0n) is 9.45. The van der Waals surface area contributed by atoms with Gasteiger partial charge in [0.2, 0.25) is 0 Å². The van der Waals surface area contributed by atoms with Gasteiger partial charge >= 0.3 is 0 Å². The Labute approximate surface area is 90.9 Å². The van der Waals surface area contributed by atoms with Crippen LogP contribution in [-0.4, -0.2) is 20.2 Å². The second kappa shape index (κ2) is 5.26. The van der Waals surface area contributed by atoms with Crippen molar-refractivity contribution in [3.05, 3.63) is 23.8 Å². The fraction of sp³-hybridized carbons (Fsp3) is 0.417. The molecule has 0 aromatic heterocycles. The highest BCUT2D eigenvalue weighted by Gasteiger charge is 2.12. The highest BCUT2D eigenvalue weighted by atomic mass is 16.5. The monoisotopic (exact) mass is 204 g/mol. The van der Waals surface area contributed by atoms with Gasteiger partial charge in [0.05, 0.1) is 12.8 Å². The number of ether oxygens (including phenoxy) is 1. The third-order valence-electron chi connectivity index (χ3n) is 2.44. The number of hydrogen-bond acceptors (Lipinski definition) is 3. The van der Waals surface area contributed by atoms with Crippen molar-refractivity contribution >= 4 is 5.69 Å². The minimum absolute atomic E-state index is 0.615. The molecule has 1 aromatic carbocycles. The summed E-state index contributed by atoms with van der Waals surface area (Å²) in [5, 5.41) is 9.11. The standard InChI is InChI=1S/C12H16N2O/c1-4-14(5-2)11-7-6-8-12(15-3)10(11)9-13/h6-8H,4-5H2,1-3H3. The van der Waals surface area contributed by atoms with Crippen LogP contribution in [0.2, 0.25) is 0 Å². The summed E-state index contributed by atoms with van der Waals surface area (Å²) in [5.41, 5.74) is 1.56. The van der Waals surface area contributed by atoms with E-state index in [0.717, 1.165) is 18.8 Å². The van der Waals surface area contributed by atoms with Crippen LogP contribution in [0.5, 0.6) is 5.75 Å². The fourth-order valence-electron chi connectivity index (χ4n) is 1.63. The van der Waals surface area contributed by atoms with Crippen molar-refractivity contribution < 1.29 is 4.74 Å². The van der Waals surface area contributed by atoms with Gasteiger partial charge in [-0.25, -0.2) is 0 Å². The van der Waals surface area contributed by atoms with Crippen LogP contribution in [0.15, 0.2) is 18.2 Å². The molecular weight excluding hydrogens is 188 g/mol. The molecule has 0 saturated heterocycles. The molecule has 1 rings (SSSR count). The van der Waals surface area contributed by atoms with E-state index in [2.05, 4.69) is 24.8 Å². The van der Waals surface area contributed by atoms with Crippen molar-refractivity contribution in [1.29, 1.82) is 5.26 Å². The van der Waals surface area contributed by atoms with Gasteiger partial charge in [0.1, 0.15) is 17.4 Å². The van der Waals surface area contributed by atoms with E-state index < -0.39 is 0 Å². The predicted octanol–water partition coefficient (Wildman–Crippen LogP) is 2.41. The summed E-state index contributed by atoms with van der Waals surface area (Å²) < 4.78 is 5.17. The van der Waals surface area contributed by atoms with E-state index in [4.69, 9.17) is 10.00 Å². The Hall–Kier alpha value is -1.69. The van der Waals surface area contributed by atoms with Crippen molar-refractivity contribution in [1.82, 2.24) is 0 Å². The smallest absolute Gasteiger partial charge is 0.138 e. The van der Waals surface area contributed by atoms with Crippen LogP contribution in [0.1, 0.15) is 19.4 Å². The van der Waals surface area contributed by atoms with Crippen molar-refractivity contribution in [3.8, 4) is 11.8 Å². The molecule has 0 bridgehead atoms. The van der Waals surface area contributed by atoms with E-state index in [-0.39, 0.29) is 0 Å². The van der Waals surface area contributed by atoms with Crippen LogP contribution < -0.4 is 9.64 Å². The molecule has 15 heavy (non-hydrogen) atoms. The van der Waals surface area contributed by atoms with E-state index in [1.165, 1.54) is 0 Å². The Kier molecular flexibility index (Phi) is 3.99. The normalized spacial score (nSPS) is 9.47. The second-order valence-electron chi connectivity index (χ2n) is 3.14. The zero-order chi connectivity index (χ0) is 11.3. The minimum Gasteiger partial charge on any atom is -0.495 e. The number of nitrogens with zero attached hydrogens (tertiary/aromatic N) is 2. The van der Waals surface area contributed by atoms with Gasteiger partial charge in [-0.3, -0.25) is 0 Å². The van der Waals surface area contributed by atoms with Crippen molar-refractivity contribution in [2.75, 3.05) is 25.1 Å². The molecule has 3 heteroatoms. The average Bonchev–Trinajstić information content (AvgIpc) is 2.30. The maximum Gasteiger partial charge on any atom is 0.138 e. The molecule has 0 aliphatic rings. The molecule has 0 spiro atoms. The maximum atomic E-state index is 9.11. The van der Waals surface area contributed by atoms with Crippen molar-refractivity contribution in [2.24, 2.45) is 0 Å². The van der Waals surface area contributed by atoms with Crippen molar-refractivity contribution in [2.45, 2.75) is 13.8 Å². The van der Waals surface area contributed by atoms with Gasteiger partial charge < -0.3 is 9.64 Å². The largest absolute Gasteiger partial charge is 0.495 e. The van der Waals surface area contributed by atoms with Gasteiger partial charge in [0, 0.05) is 13.1 Å². The summed E-state index contributed by atoms with van der Waals surface area (Å²) in [5.74, 6) is 0.641. The summed E-state index contributed by atoms with van der Waals surface area (Å²) in [4.78, 5) is 2.14. The van der Waals surface area contributed by atoms with Gasteiger partial charge in [0.25, 0.3) is 0 Å². The molecule has 0 aliphatic carbocycles. The third kappa shape index (κ3) is 2.21. The SMILES string of the molecule is CCN(CC)c1cccc(OC)c1C#N. The topological polar surface area (TPSA) is 36.3 Å². The number of anilines is 1. The lowest BCUT2D eigenvalue weighted by atomic mass is 10.1. The van der Waals surface area contributed by atoms with Gasteiger partial charge in [-0.2, -0.15) is 5.26 Å². The Morgan fingerprint density at radius 1 is 1.33 bits per heavy atom. The molecule has 0 heterocycles. The van der Waals surface area contributed by atoms with Crippen LogP contribution in [-0.2, 0) is 0 Å². The lowest BCUT2D eigenvalue weighted by Crippen LogP contribution is -2.22. The first-order chi connectivity index (χ1) is 7.28. The van der Waals surface area contributed by atoms with Gasteiger partial charge in [0.15, 0.2) is 0 Å². The molecule has 0 aliphatic heterocycles. The van der Waals surface area contributed by atoms with Gasteiger partial charge in [-0.15, -0.1) is 0 Å². The average molecular weight is 204 g/mol. The summed E-state index contributed by atoms with van der Waals surface area (Å²) in [7, 11) is 1.59. The lowest BCUT2D eigenvalue weighted by Gasteiger charge is -2.22. The Morgan fingerprint density at radius 3 is 2.47 bits per heavy atom. The van der Waals surface area contributed by atoms with E-state index in [1.54, 1.807) is 7.11 Å². The van der Waals surface area contributed by atoms with E-state index in [1.807, 2.05) is 18.2 Å². The molecule has 80 valence electrons. The van der Waals surface area contributed by atoms with Gasteiger partial charge in [-0.05, 0) is 26.0 Å². The molecule has 0 saturated carbocycles. The number of hydrogen-bond donors (Lipinski definition) is 0. The van der Waals surface area contributed by atoms with Crippen LogP contribution in [0, 0.1) is 11.3 Å². The molecule has 3 nitrogen and oxygen atoms in total. The lowest BCUT2D eigenvalue weighted by molar-refractivity contribution is 0.413. The van der Waals surface area contributed by atoms with Crippen LogP contribution >= 0.6 is 0 Å². The van der Waals surface area contributed by atoms with Gasteiger partial charge in [-0.1, -0.05) is 6.07 Å². The number of benzene rings is 1. The summed E-state index contributed by atoms with van der Waals surface area (Å²) >= 11 is 0. The summed E-state index contributed by atoms with van der Waals surface area (Å²) in [6, 6.07) is 7.87. The first kappa shape index (κ1) is 11.4. The van der Waals surface area contributed by atoms with Crippen molar-refractivity contribution in [3.63, 3.8) is 0 Å². The Bertz CT molecular complexity index is 364. The number of nitriles is 1. The second-order valence-corrected chi connectivity index (χ2v) is 3.14. The highest BCUT2D eigenvalue weighted by Crippen LogP contribution is 2.28. The summed E-state index contributed by atoms with van der Waals surface area (Å²) in [6.45, 7) is 5.92. The minimum atomic E-state index is 0.615. The molecule has 0 radical (unpaired) electrons. The molecular formula is C12H16N2O. The first-order valence-corrected chi connectivity index (χ1v) is 5.10.